The van der Waals surface area contributed by atoms with Gasteiger partial charge in [-0.05, 0) is 49.9 Å². The molecule has 4 aromatic rings. The molecule has 3 heterocycles. The van der Waals surface area contributed by atoms with Gasteiger partial charge in [-0.25, -0.2) is 9.97 Å². The van der Waals surface area contributed by atoms with Gasteiger partial charge in [0.25, 0.3) is 5.91 Å². The summed E-state index contributed by atoms with van der Waals surface area (Å²) in [7, 11) is 2.18. The van der Waals surface area contributed by atoms with E-state index in [0.717, 1.165) is 66.1 Å². The first-order chi connectivity index (χ1) is 17.5. The molecule has 0 bridgehead atoms. The number of carbonyl (C=O) groups excluding carboxylic acids is 1. The quantitative estimate of drug-likeness (QED) is 0.364. The first-order valence-electron chi connectivity index (χ1n) is 12.3. The number of piperazine rings is 1. The second-order valence-corrected chi connectivity index (χ2v) is 10.2. The molecule has 2 aromatic carbocycles. The minimum absolute atomic E-state index is 0.111. The van der Waals surface area contributed by atoms with Crippen molar-refractivity contribution in [3.63, 3.8) is 0 Å². The molecular weight excluding hydrogens is 468 g/mol. The van der Waals surface area contributed by atoms with E-state index in [2.05, 4.69) is 39.7 Å². The number of aromatic amines is 1. The van der Waals surface area contributed by atoms with Crippen molar-refractivity contribution >= 4 is 33.8 Å². The average molecular weight is 501 g/mol. The maximum absolute atomic E-state index is 12.9. The molecule has 0 unspecified atom stereocenters. The molecule has 5 rings (SSSR count). The van der Waals surface area contributed by atoms with Crippen LogP contribution in [-0.2, 0) is 6.54 Å². The van der Waals surface area contributed by atoms with Crippen LogP contribution in [-0.4, -0.2) is 49.0 Å². The maximum Gasteiger partial charge on any atom is 0.255 e. The number of likely N-dealkylation sites (N-methyl/N-ethyl adjacent to an activating group) is 1. The van der Waals surface area contributed by atoms with Crippen molar-refractivity contribution in [3.8, 4) is 11.3 Å². The molecule has 0 radical (unpaired) electrons. The molecule has 1 amide bonds. The summed E-state index contributed by atoms with van der Waals surface area (Å²) >= 11 is 1.55. The number of benzene rings is 2. The minimum atomic E-state index is -0.111. The Balaban J connectivity index is 1.22. The van der Waals surface area contributed by atoms with Gasteiger partial charge in [-0.2, -0.15) is 0 Å². The Morgan fingerprint density at radius 2 is 1.94 bits per heavy atom. The Morgan fingerprint density at radius 1 is 1.14 bits per heavy atom. The number of rotatable bonds is 7. The summed E-state index contributed by atoms with van der Waals surface area (Å²) in [6.07, 6.45) is 3.81. The van der Waals surface area contributed by atoms with Gasteiger partial charge in [0.15, 0.2) is 17.5 Å². The first kappa shape index (κ1) is 24.1. The van der Waals surface area contributed by atoms with Crippen molar-refractivity contribution < 1.29 is 14.7 Å². The number of nitrogens with one attached hydrogen (secondary N) is 4. The van der Waals surface area contributed by atoms with Gasteiger partial charge in [-0.15, -0.1) is 11.3 Å². The summed E-state index contributed by atoms with van der Waals surface area (Å²) in [6.45, 7) is 7.64. The number of hydrogen-bond donors (Lipinski definition) is 3. The standard InChI is InChI=1S/C28H30N6OS/c1-20-5-10-24(16-25(20)31-28-32-26(19-36-28)23-4-3-11-29-17-23)30-27(35)22-8-6-21(7-9-22)18-34-14-12-33(2)13-15-34/h3-11,16-17,19H,12-15,18H2,1-2H3,(H,30,35)(H,31,32)/p+2. The zero-order chi connectivity index (χ0) is 24.9. The van der Waals surface area contributed by atoms with Crippen LogP contribution >= 0.6 is 11.3 Å². The third-order valence-corrected chi connectivity index (χ3v) is 7.37. The largest absolute Gasteiger partial charge is 0.331 e. The molecule has 184 valence electrons. The van der Waals surface area contributed by atoms with E-state index in [9.17, 15) is 4.79 Å². The van der Waals surface area contributed by atoms with Gasteiger partial charge in [0.1, 0.15) is 6.54 Å². The van der Waals surface area contributed by atoms with E-state index in [4.69, 9.17) is 4.98 Å². The Morgan fingerprint density at radius 3 is 2.69 bits per heavy atom. The highest BCUT2D eigenvalue weighted by Crippen LogP contribution is 2.29. The highest BCUT2D eigenvalue weighted by atomic mass is 32.1. The lowest BCUT2D eigenvalue weighted by Gasteiger charge is -2.29. The molecule has 0 spiro atoms. The Labute approximate surface area is 215 Å². The SMILES string of the molecule is Cc1ccc(NC(=O)c2ccc(C[NH+]3CCN(C)CC3)cc2)cc1Nc1nc(-c2ccc[nH+]c2)cs1. The summed E-state index contributed by atoms with van der Waals surface area (Å²) in [5.74, 6) is -0.111. The van der Waals surface area contributed by atoms with Crippen molar-refractivity contribution in [3.05, 3.63) is 89.1 Å². The Hall–Kier alpha value is -3.59. The van der Waals surface area contributed by atoms with E-state index in [-0.39, 0.29) is 5.91 Å². The Bertz CT molecular complexity index is 1310. The second-order valence-electron chi connectivity index (χ2n) is 9.37. The van der Waals surface area contributed by atoms with Crippen molar-refractivity contribution in [2.24, 2.45) is 0 Å². The molecule has 7 nitrogen and oxygen atoms in total. The number of thiazole rings is 1. The number of aryl methyl sites for hydroxylation is 1. The van der Waals surface area contributed by atoms with Crippen LogP contribution < -0.4 is 20.5 Å². The number of pyridine rings is 1. The molecule has 36 heavy (non-hydrogen) atoms. The van der Waals surface area contributed by atoms with Crippen LogP contribution in [0.25, 0.3) is 11.3 Å². The number of hydrogen-bond acceptors (Lipinski definition) is 5. The molecule has 4 N–H and O–H groups in total. The minimum Gasteiger partial charge on any atom is -0.331 e. The number of amides is 1. The topological polar surface area (TPSA) is 75.8 Å². The smallest absolute Gasteiger partial charge is 0.255 e. The van der Waals surface area contributed by atoms with E-state index in [0.29, 0.717) is 5.56 Å². The van der Waals surface area contributed by atoms with Gasteiger partial charge in [0.2, 0.25) is 0 Å². The van der Waals surface area contributed by atoms with Crippen LogP contribution in [0.5, 0.6) is 0 Å². The number of aromatic nitrogens is 2. The number of H-pyrrole nitrogens is 1. The zero-order valence-corrected chi connectivity index (χ0v) is 21.5. The zero-order valence-electron chi connectivity index (χ0n) is 20.7. The summed E-state index contributed by atoms with van der Waals surface area (Å²) in [5.41, 5.74) is 6.62. The predicted octanol–water partition coefficient (Wildman–Crippen LogP) is 3.26. The lowest BCUT2D eigenvalue weighted by atomic mass is 10.1. The van der Waals surface area contributed by atoms with E-state index < -0.39 is 0 Å². The van der Waals surface area contributed by atoms with E-state index in [1.165, 1.54) is 5.56 Å². The van der Waals surface area contributed by atoms with Gasteiger partial charge in [0.05, 0.1) is 24.3 Å². The fourth-order valence-electron chi connectivity index (χ4n) is 4.34. The molecule has 1 fully saturated rings. The highest BCUT2D eigenvalue weighted by molar-refractivity contribution is 7.14. The molecule has 1 aliphatic rings. The van der Waals surface area contributed by atoms with Gasteiger partial charge < -0.3 is 15.5 Å². The molecule has 0 saturated carbocycles. The van der Waals surface area contributed by atoms with Crippen LogP contribution in [0.15, 0.2) is 72.4 Å². The van der Waals surface area contributed by atoms with Gasteiger partial charge in [-0.1, -0.05) is 18.2 Å². The van der Waals surface area contributed by atoms with Crippen LogP contribution in [0.3, 0.4) is 0 Å². The maximum atomic E-state index is 12.9. The van der Waals surface area contributed by atoms with Crippen LogP contribution in [0, 0.1) is 6.92 Å². The fraction of sp³-hybridized carbons (Fsp3) is 0.250. The first-order valence-corrected chi connectivity index (χ1v) is 13.1. The van der Waals surface area contributed by atoms with Crippen molar-refractivity contribution in [1.82, 2.24) is 9.88 Å². The van der Waals surface area contributed by atoms with Crippen LogP contribution in [0.2, 0.25) is 0 Å². The third kappa shape index (κ3) is 5.96. The number of nitrogens with zero attached hydrogens (tertiary/aromatic N) is 2. The fourth-order valence-corrected chi connectivity index (χ4v) is 5.08. The lowest BCUT2D eigenvalue weighted by Crippen LogP contribution is -3.13. The van der Waals surface area contributed by atoms with Gasteiger partial charge >= 0.3 is 0 Å². The van der Waals surface area contributed by atoms with Crippen molar-refractivity contribution in [2.45, 2.75) is 13.5 Å². The van der Waals surface area contributed by atoms with Crippen LogP contribution in [0.1, 0.15) is 21.5 Å². The molecule has 8 heteroatoms. The summed E-state index contributed by atoms with van der Waals surface area (Å²) in [4.78, 5) is 24.7. The average Bonchev–Trinajstić information content (AvgIpc) is 3.37. The lowest BCUT2D eigenvalue weighted by molar-refractivity contribution is -0.918. The second kappa shape index (κ2) is 11.0. The van der Waals surface area contributed by atoms with E-state index >= 15 is 0 Å². The highest BCUT2D eigenvalue weighted by Gasteiger charge is 2.17. The predicted molar refractivity (Wildman–Crippen MR) is 145 cm³/mol. The van der Waals surface area contributed by atoms with E-state index in [1.807, 2.05) is 67.2 Å². The molecule has 0 atom stereocenters. The number of carbonyl (C=O) groups is 1. The van der Waals surface area contributed by atoms with E-state index in [1.54, 1.807) is 16.2 Å². The van der Waals surface area contributed by atoms with Crippen LogP contribution in [0.4, 0.5) is 16.5 Å². The van der Waals surface area contributed by atoms with Gasteiger partial charge in [-0.3, -0.25) is 9.69 Å². The summed E-state index contributed by atoms with van der Waals surface area (Å²) in [5, 5.41) is 9.28. The summed E-state index contributed by atoms with van der Waals surface area (Å²) < 4.78 is 0. The monoisotopic (exact) mass is 500 g/mol. The van der Waals surface area contributed by atoms with Gasteiger partial charge in [0, 0.05) is 47.0 Å². The number of anilines is 3. The molecule has 0 aliphatic carbocycles. The normalized spacial score (nSPS) is 14.5. The molecule has 2 aromatic heterocycles. The number of quaternary nitrogens is 1. The third-order valence-electron chi connectivity index (χ3n) is 6.61. The molecule has 1 saturated heterocycles. The molecule has 1 aliphatic heterocycles. The molecular formula is C28H32N6OS+2. The summed E-state index contributed by atoms with van der Waals surface area (Å²) in [6, 6.07) is 17.9. The van der Waals surface area contributed by atoms with Crippen molar-refractivity contribution in [1.29, 1.82) is 0 Å². The van der Waals surface area contributed by atoms with Crippen molar-refractivity contribution in [2.75, 3.05) is 43.9 Å². The Kier molecular flexibility index (Phi) is 7.36.